The first-order valence-electron chi connectivity index (χ1n) is 8.35. The van der Waals surface area contributed by atoms with Gasteiger partial charge in [0.05, 0.1) is 11.4 Å². The summed E-state index contributed by atoms with van der Waals surface area (Å²) in [5, 5.41) is 8.88. The maximum absolute atomic E-state index is 10.8. The SMILES string of the molecule is Cc1nc(-c2ccccn2)cc(N2CCCC(CCC(=O)O)C2)n1. The van der Waals surface area contributed by atoms with E-state index in [-0.39, 0.29) is 6.42 Å². The van der Waals surface area contributed by atoms with Gasteiger partial charge < -0.3 is 10.0 Å². The van der Waals surface area contributed by atoms with Crippen LogP contribution in [0.3, 0.4) is 0 Å². The van der Waals surface area contributed by atoms with Crippen LogP contribution < -0.4 is 4.90 Å². The molecule has 0 saturated carbocycles. The molecule has 24 heavy (non-hydrogen) atoms. The van der Waals surface area contributed by atoms with Crippen molar-refractivity contribution in [2.75, 3.05) is 18.0 Å². The molecule has 1 atom stereocenters. The Morgan fingerprint density at radius 3 is 2.96 bits per heavy atom. The van der Waals surface area contributed by atoms with Crippen LogP contribution in [0.25, 0.3) is 11.4 Å². The van der Waals surface area contributed by atoms with Gasteiger partial charge in [-0.1, -0.05) is 6.07 Å². The lowest BCUT2D eigenvalue weighted by atomic mass is 9.93. The molecule has 3 rings (SSSR count). The van der Waals surface area contributed by atoms with Gasteiger partial charge in [0.15, 0.2) is 0 Å². The summed E-state index contributed by atoms with van der Waals surface area (Å²) >= 11 is 0. The third-order valence-corrected chi connectivity index (χ3v) is 4.36. The van der Waals surface area contributed by atoms with E-state index >= 15 is 0 Å². The van der Waals surface area contributed by atoms with Crippen molar-refractivity contribution >= 4 is 11.8 Å². The maximum Gasteiger partial charge on any atom is 0.303 e. The molecule has 6 nitrogen and oxygen atoms in total. The third kappa shape index (κ3) is 4.07. The number of carboxylic acids is 1. The summed E-state index contributed by atoms with van der Waals surface area (Å²) in [7, 11) is 0. The molecule has 1 fully saturated rings. The Morgan fingerprint density at radius 2 is 2.21 bits per heavy atom. The van der Waals surface area contributed by atoms with Gasteiger partial charge in [-0.05, 0) is 44.2 Å². The molecule has 1 saturated heterocycles. The van der Waals surface area contributed by atoms with Crippen molar-refractivity contribution in [1.29, 1.82) is 0 Å². The summed E-state index contributed by atoms with van der Waals surface area (Å²) in [5.74, 6) is 1.31. The molecule has 1 aliphatic heterocycles. The van der Waals surface area contributed by atoms with E-state index in [4.69, 9.17) is 5.11 Å². The molecule has 1 aliphatic rings. The molecule has 0 bridgehead atoms. The van der Waals surface area contributed by atoms with Crippen LogP contribution >= 0.6 is 0 Å². The number of carboxylic acid groups (broad SMARTS) is 1. The number of rotatable bonds is 5. The number of piperidine rings is 1. The number of aliphatic carboxylic acids is 1. The molecule has 2 aromatic rings. The second kappa shape index (κ2) is 7.38. The number of aryl methyl sites for hydroxylation is 1. The van der Waals surface area contributed by atoms with Crippen LogP contribution in [0.5, 0.6) is 0 Å². The summed E-state index contributed by atoms with van der Waals surface area (Å²) < 4.78 is 0. The van der Waals surface area contributed by atoms with Crippen molar-refractivity contribution in [1.82, 2.24) is 15.0 Å². The summed E-state index contributed by atoms with van der Waals surface area (Å²) in [6, 6.07) is 7.75. The predicted molar refractivity (Wildman–Crippen MR) is 91.8 cm³/mol. The Morgan fingerprint density at radius 1 is 1.33 bits per heavy atom. The zero-order valence-electron chi connectivity index (χ0n) is 13.9. The highest BCUT2D eigenvalue weighted by Crippen LogP contribution is 2.27. The highest BCUT2D eigenvalue weighted by atomic mass is 16.4. The van der Waals surface area contributed by atoms with E-state index in [2.05, 4.69) is 19.9 Å². The second-order valence-electron chi connectivity index (χ2n) is 6.26. The monoisotopic (exact) mass is 326 g/mol. The largest absolute Gasteiger partial charge is 0.481 e. The first-order valence-corrected chi connectivity index (χ1v) is 8.35. The molecule has 1 unspecified atom stereocenters. The molecular formula is C18H22N4O2. The lowest BCUT2D eigenvalue weighted by Crippen LogP contribution is -2.36. The fraction of sp³-hybridized carbons (Fsp3) is 0.444. The second-order valence-corrected chi connectivity index (χ2v) is 6.26. The Kier molecular flexibility index (Phi) is 5.03. The number of carbonyl (C=O) groups is 1. The Labute approximate surface area is 141 Å². The summed E-state index contributed by atoms with van der Waals surface area (Å²) in [4.78, 5) is 26.5. The van der Waals surface area contributed by atoms with E-state index in [9.17, 15) is 4.79 Å². The lowest BCUT2D eigenvalue weighted by molar-refractivity contribution is -0.137. The minimum absolute atomic E-state index is 0.237. The number of aromatic nitrogens is 3. The average Bonchev–Trinajstić information content (AvgIpc) is 2.60. The van der Waals surface area contributed by atoms with Gasteiger partial charge in [-0.3, -0.25) is 9.78 Å². The highest BCUT2D eigenvalue weighted by molar-refractivity contribution is 5.66. The van der Waals surface area contributed by atoms with Crippen LogP contribution in [-0.2, 0) is 4.79 Å². The lowest BCUT2D eigenvalue weighted by Gasteiger charge is -2.33. The van der Waals surface area contributed by atoms with Gasteiger partial charge in [0, 0.05) is 31.8 Å². The zero-order valence-corrected chi connectivity index (χ0v) is 13.9. The Hall–Kier alpha value is -2.50. The summed E-state index contributed by atoms with van der Waals surface area (Å²) in [5.41, 5.74) is 1.66. The van der Waals surface area contributed by atoms with Crippen molar-refractivity contribution in [3.05, 3.63) is 36.3 Å². The fourth-order valence-electron chi connectivity index (χ4n) is 3.20. The maximum atomic E-state index is 10.8. The minimum atomic E-state index is -0.720. The minimum Gasteiger partial charge on any atom is -0.481 e. The number of hydrogen-bond donors (Lipinski definition) is 1. The molecule has 0 spiro atoms. The fourth-order valence-corrected chi connectivity index (χ4v) is 3.20. The van der Waals surface area contributed by atoms with Crippen LogP contribution in [0, 0.1) is 12.8 Å². The summed E-state index contributed by atoms with van der Waals surface area (Å²) in [6.45, 7) is 3.69. The van der Waals surface area contributed by atoms with Crippen molar-refractivity contribution in [3.8, 4) is 11.4 Å². The molecule has 0 aromatic carbocycles. The predicted octanol–water partition coefficient (Wildman–Crippen LogP) is 2.93. The Bertz CT molecular complexity index is 705. The van der Waals surface area contributed by atoms with E-state index in [1.807, 2.05) is 31.2 Å². The van der Waals surface area contributed by atoms with Crippen LogP contribution in [0.4, 0.5) is 5.82 Å². The van der Waals surface area contributed by atoms with Crippen LogP contribution in [-0.4, -0.2) is 39.1 Å². The van der Waals surface area contributed by atoms with Crippen molar-refractivity contribution in [2.24, 2.45) is 5.92 Å². The van der Waals surface area contributed by atoms with E-state index in [0.717, 1.165) is 55.4 Å². The third-order valence-electron chi connectivity index (χ3n) is 4.36. The van der Waals surface area contributed by atoms with Gasteiger partial charge in [-0.25, -0.2) is 9.97 Å². The van der Waals surface area contributed by atoms with Crippen molar-refractivity contribution in [2.45, 2.75) is 32.6 Å². The molecule has 0 radical (unpaired) electrons. The molecule has 2 aromatic heterocycles. The molecule has 3 heterocycles. The van der Waals surface area contributed by atoms with E-state index in [1.54, 1.807) is 6.20 Å². The molecular weight excluding hydrogens is 304 g/mol. The highest BCUT2D eigenvalue weighted by Gasteiger charge is 2.22. The molecule has 0 aliphatic carbocycles. The van der Waals surface area contributed by atoms with Crippen LogP contribution in [0.15, 0.2) is 30.5 Å². The van der Waals surface area contributed by atoms with Gasteiger partial charge in [-0.15, -0.1) is 0 Å². The van der Waals surface area contributed by atoms with E-state index < -0.39 is 5.97 Å². The van der Waals surface area contributed by atoms with Gasteiger partial charge >= 0.3 is 5.97 Å². The number of nitrogens with zero attached hydrogens (tertiary/aromatic N) is 4. The van der Waals surface area contributed by atoms with Gasteiger partial charge in [0.25, 0.3) is 0 Å². The van der Waals surface area contributed by atoms with E-state index in [0.29, 0.717) is 5.92 Å². The average molecular weight is 326 g/mol. The standard InChI is InChI=1S/C18H22N4O2/c1-13-20-16(15-6-2-3-9-19-15)11-17(21-13)22-10-4-5-14(12-22)7-8-18(23)24/h2-3,6,9,11,14H,4-5,7-8,10,12H2,1H3,(H,23,24). The molecule has 6 heteroatoms. The van der Waals surface area contributed by atoms with Crippen molar-refractivity contribution in [3.63, 3.8) is 0 Å². The van der Waals surface area contributed by atoms with Gasteiger partial charge in [0.1, 0.15) is 11.6 Å². The number of anilines is 1. The van der Waals surface area contributed by atoms with E-state index in [1.165, 1.54) is 0 Å². The zero-order chi connectivity index (χ0) is 16.9. The van der Waals surface area contributed by atoms with Crippen LogP contribution in [0.1, 0.15) is 31.5 Å². The molecule has 126 valence electrons. The Balaban J connectivity index is 1.78. The van der Waals surface area contributed by atoms with Gasteiger partial charge in [-0.2, -0.15) is 0 Å². The smallest absolute Gasteiger partial charge is 0.303 e. The summed E-state index contributed by atoms with van der Waals surface area (Å²) in [6.07, 6.45) is 4.87. The molecule has 1 N–H and O–H groups in total. The molecule has 0 amide bonds. The first-order chi connectivity index (χ1) is 11.6. The first kappa shape index (κ1) is 16.4. The normalized spacial score (nSPS) is 17.7. The van der Waals surface area contributed by atoms with Crippen molar-refractivity contribution < 1.29 is 9.90 Å². The number of hydrogen-bond acceptors (Lipinski definition) is 5. The number of pyridine rings is 1. The van der Waals surface area contributed by atoms with Gasteiger partial charge in [0.2, 0.25) is 0 Å². The van der Waals surface area contributed by atoms with Crippen LogP contribution in [0.2, 0.25) is 0 Å². The quantitative estimate of drug-likeness (QED) is 0.910. The topological polar surface area (TPSA) is 79.2 Å².